The molecular weight excluding hydrogens is 380 g/mol. The van der Waals surface area contributed by atoms with Gasteiger partial charge in [-0.3, -0.25) is 4.79 Å². The summed E-state index contributed by atoms with van der Waals surface area (Å²) in [5.74, 6) is 0.329. The molecule has 1 amide bonds. The molecule has 2 aromatic carbocycles. The number of aryl methyl sites for hydroxylation is 1. The summed E-state index contributed by atoms with van der Waals surface area (Å²) in [6.07, 6.45) is 3.02. The van der Waals surface area contributed by atoms with Gasteiger partial charge in [-0.1, -0.05) is 51.8 Å². The van der Waals surface area contributed by atoms with E-state index in [0.29, 0.717) is 18.1 Å². The molecule has 1 heterocycles. The van der Waals surface area contributed by atoms with E-state index in [2.05, 4.69) is 67.7 Å². The fraction of sp³-hybridized carbons (Fsp3) is 0.105. The topological polar surface area (TPSA) is 66.9 Å². The van der Waals surface area contributed by atoms with Crippen molar-refractivity contribution in [1.29, 1.82) is 0 Å². The summed E-state index contributed by atoms with van der Waals surface area (Å²) in [6, 6.07) is 15.6. The number of carbonyl (C=O) groups is 1. The molecular formula is C19H17BrN4O. The van der Waals surface area contributed by atoms with E-state index in [0.717, 1.165) is 10.0 Å². The number of amides is 1. The van der Waals surface area contributed by atoms with Gasteiger partial charge in [0.25, 0.3) is 5.91 Å². The van der Waals surface area contributed by atoms with Gasteiger partial charge >= 0.3 is 0 Å². The second-order valence-corrected chi connectivity index (χ2v) is 6.51. The van der Waals surface area contributed by atoms with E-state index < -0.39 is 0 Å². The van der Waals surface area contributed by atoms with Gasteiger partial charge < -0.3 is 10.6 Å². The SMILES string of the molecule is Cc1ccc(CNc2cnc(C(=O)Nc3cccc(Br)c3)cn2)cc1. The van der Waals surface area contributed by atoms with Gasteiger partial charge in [0.05, 0.1) is 12.4 Å². The Labute approximate surface area is 154 Å². The molecule has 0 aliphatic heterocycles. The molecule has 0 bridgehead atoms. The third-order valence-electron chi connectivity index (χ3n) is 3.56. The second kappa shape index (κ2) is 7.90. The lowest BCUT2D eigenvalue weighted by Crippen LogP contribution is -2.14. The normalized spacial score (nSPS) is 10.3. The summed E-state index contributed by atoms with van der Waals surface area (Å²) in [4.78, 5) is 20.6. The monoisotopic (exact) mass is 396 g/mol. The van der Waals surface area contributed by atoms with Gasteiger partial charge in [-0.25, -0.2) is 9.97 Å². The summed E-state index contributed by atoms with van der Waals surface area (Å²) in [7, 11) is 0. The Kier molecular flexibility index (Phi) is 5.40. The fourth-order valence-corrected chi connectivity index (χ4v) is 2.60. The highest BCUT2D eigenvalue weighted by atomic mass is 79.9. The van der Waals surface area contributed by atoms with Crippen LogP contribution in [0.2, 0.25) is 0 Å². The van der Waals surface area contributed by atoms with Crippen LogP contribution in [0.15, 0.2) is 65.4 Å². The summed E-state index contributed by atoms with van der Waals surface area (Å²) < 4.78 is 0.895. The quantitative estimate of drug-likeness (QED) is 0.669. The number of hydrogen-bond donors (Lipinski definition) is 2. The van der Waals surface area contributed by atoms with Crippen LogP contribution in [0, 0.1) is 6.92 Å². The van der Waals surface area contributed by atoms with Gasteiger partial charge in [-0.15, -0.1) is 0 Å². The number of hydrogen-bond acceptors (Lipinski definition) is 4. The van der Waals surface area contributed by atoms with E-state index in [1.165, 1.54) is 11.8 Å². The van der Waals surface area contributed by atoms with Crippen LogP contribution in [-0.4, -0.2) is 15.9 Å². The molecule has 2 N–H and O–H groups in total. The lowest BCUT2D eigenvalue weighted by molar-refractivity contribution is 0.102. The Morgan fingerprint density at radius 3 is 2.56 bits per heavy atom. The van der Waals surface area contributed by atoms with Crippen molar-refractivity contribution >= 4 is 33.3 Å². The van der Waals surface area contributed by atoms with Gasteiger partial charge in [0.15, 0.2) is 0 Å². The zero-order chi connectivity index (χ0) is 17.6. The number of benzene rings is 2. The second-order valence-electron chi connectivity index (χ2n) is 5.59. The maximum Gasteiger partial charge on any atom is 0.275 e. The first-order valence-electron chi connectivity index (χ1n) is 7.78. The summed E-state index contributed by atoms with van der Waals surface area (Å²) in [5.41, 5.74) is 3.34. The number of nitrogens with zero attached hydrogens (tertiary/aromatic N) is 2. The highest BCUT2D eigenvalue weighted by molar-refractivity contribution is 9.10. The van der Waals surface area contributed by atoms with Crippen LogP contribution < -0.4 is 10.6 Å². The molecule has 0 aliphatic carbocycles. The van der Waals surface area contributed by atoms with Crippen LogP contribution in [0.3, 0.4) is 0 Å². The van der Waals surface area contributed by atoms with Crippen molar-refractivity contribution in [3.63, 3.8) is 0 Å². The van der Waals surface area contributed by atoms with Crippen LogP contribution in [0.1, 0.15) is 21.6 Å². The Hall–Kier alpha value is -2.73. The van der Waals surface area contributed by atoms with Crippen LogP contribution in [0.25, 0.3) is 0 Å². The van der Waals surface area contributed by atoms with Crippen LogP contribution in [0.5, 0.6) is 0 Å². The zero-order valence-corrected chi connectivity index (χ0v) is 15.2. The molecule has 25 heavy (non-hydrogen) atoms. The minimum absolute atomic E-state index is 0.265. The lowest BCUT2D eigenvalue weighted by Gasteiger charge is -2.07. The first-order valence-corrected chi connectivity index (χ1v) is 8.58. The predicted molar refractivity (Wildman–Crippen MR) is 103 cm³/mol. The molecule has 0 spiro atoms. The lowest BCUT2D eigenvalue weighted by atomic mass is 10.1. The number of nitrogens with one attached hydrogen (secondary N) is 2. The Balaban J connectivity index is 1.59. The largest absolute Gasteiger partial charge is 0.365 e. The maximum absolute atomic E-state index is 12.2. The molecule has 5 nitrogen and oxygen atoms in total. The average molecular weight is 397 g/mol. The Bertz CT molecular complexity index is 863. The van der Waals surface area contributed by atoms with E-state index in [1.54, 1.807) is 6.20 Å². The van der Waals surface area contributed by atoms with Gasteiger partial charge in [0.1, 0.15) is 11.5 Å². The molecule has 0 atom stereocenters. The number of anilines is 2. The summed E-state index contributed by atoms with van der Waals surface area (Å²) in [5, 5.41) is 5.98. The number of rotatable bonds is 5. The molecule has 126 valence electrons. The molecule has 0 fully saturated rings. The van der Waals surface area contributed by atoms with Crippen molar-refractivity contribution in [2.45, 2.75) is 13.5 Å². The van der Waals surface area contributed by atoms with E-state index in [-0.39, 0.29) is 11.6 Å². The van der Waals surface area contributed by atoms with E-state index >= 15 is 0 Å². The zero-order valence-electron chi connectivity index (χ0n) is 13.7. The van der Waals surface area contributed by atoms with Crippen molar-refractivity contribution in [1.82, 2.24) is 9.97 Å². The van der Waals surface area contributed by atoms with Gasteiger partial charge in [0.2, 0.25) is 0 Å². The Morgan fingerprint density at radius 2 is 1.88 bits per heavy atom. The molecule has 3 aromatic rings. The standard InChI is InChI=1S/C19H17BrN4O/c1-13-5-7-14(8-6-13)10-22-18-12-21-17(11-23-18)19(25)24-16-4-2-3-15(20)9-16/h2-9,11-12H,10H2,1H3,(H,22,23)(H,24,25). The highest BCUT2D eigenvalue weighted by Gasteiger charge is 2.08. The van der Waals surface area contributed by atoms with Crippen molar-refractivity contribution in [2.24, 2.45) is 0 Å². The number of halogens is 1. The summed E-state index contributed by atoms with van der Waals surface area (Å²) >= 11 is 3.37. The maximum atomic E-state index is 12.2. The van der Waals surface area contributed by atoms with Crippen molar-refractivity contribution < 1.29 is 4.79 Å². The van der Waals surface area contributed by atoms with Crippen LogP contribution in [-0.2, 0) is 6.54 Å². The molecule has 6 heteroatoms. The van der Waals surface area contributed by atoms with Gasteiger partial charge in [0, 0.05) is 16.7 Å². The molecule has 0 radical (unpaired) electrons. The third-order valence-corrected chi connectivity index (χ3v) is 4.05. The minimum atomic E-state index is -0.296. The van der Waals surface area contributed by atoms with E-state index in [9.17, 15) is 4.79 Å². The molecule has 0 unspecified atom stereocenters. The molecule has 0 saturated carbocycles. The predicted octanol–water partition coefficient (Wildman–Crippen LogP) is 4.41. The minimum Gasteiger partial charge on any atom is -0.365 e. The third kappa shape index (κ3) is 4.87. The first kappa shape index (κ1) is 17.1. The van der Waals surface area contributed by atoms with Gasteiger partial charge in [-0.2, -0.15) is 0 Å². The smallest absolute Gasteiger partial charge is 0.275 e. The molecule has 0 aliphatic rings. The molecule has 1 aromatic heterocycles. The van der Waals surface area contributed by atoms with Crippen molar-refractivity contribution in [3.8, 4) is 0 Å². The van der Waals surface area contributed by atoms with E-state index in [1.807, 2.05) is 24.3 Å². The van der Waals surface area contributed by atoms with Gasteiger partial charge in [-0.05, 0) is 30.7 Å². The molecule has 3 rings (SSSR count). The van der Waals surface area contributed by atoms with Crippen molar-refractivity contribution in [2.75, 3.05) is 10.6 Å². The molecule has 0 saturated heterocycles. The summed E-state index contributed by atoms with van der Waals surface area (Å²) in [6.45, 7) is 2.71. The number of carbonyl (C=O) groups excluding carboxylic acids is 1. The Morgan fingerprint density at radius 1 is 1.08 bits per heavy atom. The van der Waals surface area contributed by atoms with Crippen LogP contribution >= 0.6 is 15.9 Å². The highest BCUT2D eigenvalue weighted by Crippen LogP contribution is 2.16. The first-order chi connectivity index (χ1) is 12.1. The van der Waals surface area contributed by atoms with Crippen molar-refractivity contribution in [3.05, 3.63) is 82.2 Å². The fourth-order valence-electron chi connectivity index (χ4n) is 2.20. The van der Waals surface area contributed by atoms with E-state index in [4.69, 9.17) is 0 Å². The van der Waals surface area contributed by atoms with Crippen LogP contribution in [0.4, 0.5) is 11.5 Å². The average Bonchev–Trinajstić information content (AvgIpc) is 2.62. The number of aromatic nitrogens is 2.